The first-order valence-corrected chi connectivity index (χ1v) is 12.7. The first-order valence-electron chi connectivity index (χ1n) is 12.7. The van der Waals surface area contributed by atoms with E-state index in [2.05, 4.69) is 0 Å². The number of aliphatic hydroxyl groups is 1. The minimum Gasteiger partial charge on any atom is -0.507 e. The Morgan fingerprint density at radius 1 is 0.947 bits per heavy atom. The number of carbonyl (C=O) groups excluding carboxylic acids is 1. The van der Waals surface area contributed by atoms with Gasteiger partial charge in [-0.15, -0.1) is 0 Å². The molecule has 0 aromatic heterocycles. The zero-order chi connectivity index (χ0) is 26.6. The van der Waals surface area contributed by atoms with E-state index < -0.39 is 12.1 Å². The maximum Gasteiger partial charge on any atom is 0.227 e. The number of hydrogen-bond acceptors (Lipinski definition) is 4. The van der Waals surface area contributed by atoms with Crippen molar-refractivity contribution in [3.63, 3.8) is 0 Å². The summed E-state index contributed by atoms with van der Waals surface area (Å²) in [6.07, 6.45) is 0.443. The number of rotatable bonds is 8. The summed E-state index contributed by atoms with van der Waals surface area (Å²) in [6, 6.07) is 28.4. The molecule has 0 saturated carbocycles. The summed E-state index contributed by atoms with van der Waals surface area (Å²) < 4.78 is 18.6. The van der Waals surface area contributed by atoms with E-state index in [9.17, 15) is 19.4 Å². The van der Waals surface area contributed by atoms with Crippen LogP contribution in [0, 0.1) is 11.7 Å². The molecule has 0 unspecified atom stereocenters. The maximum absolute atomic E-state index is 13.4. The third kappa shape index (κ3) is 5.27. The number of methoxy groups -OCH3 is 1. The Morgan fingerprint density at radius 2 is 1.63 bits per heavy atom. The van der Waals surface area contributed by atoms with Gasteiger partial charge in [0.1, 0.15) is 17.3 Å². The molecule has 5 nitrogen and oxygen atoms in total. The van der Waals surface area contributed by atoms with Crippen molar-refractivity contribution >= 4 is 11.6 Å². The van der Waals surface area contributed by atoms with Gasteiger partial charge in [-0.05, 0) is 71.8 Å². The van der Waals surface area contributed by atoms with Gasteiger partial charge in [-0.1, -0.05) is 54.6 Å². The van der Waals surface area contributed by atoms with Crippen molar-refractivity contribution in [2.24, 2.45) is 5.92 Å². The highest BCUT2D eigenvalue weighted by Gasteiger charge is 2.42. The molecule has 4 aromatic carbocycles. The quantitative estimate of drug-likeness (QED) is 0.273. The Bertz CT molecular complexity index is 1390. The van der Waals surface area contributed by atoms with Crippen LogP contribution in [-0.4, -0.2) is 23.2 Å². The molecular weight excluding hydrogens is 481 g/mol. The first kappa shape index (κ1) is 25.5. The van der Waals surface area contributed by atoms with Crippen molar-refractivity contribution in [2.75, 3.05) is 12.0 Å². The fourth-order valence-electron chi connectivity index (χ4n) is 5.33. The van der Waals surface area contributed by atoms with Gasteiger partial charge in [0.15, 0.2) is 0 Å². The van der Waals surface area contributed by atoms with Crippen molar-refractivity contribution in [2.45, 2.75) is 31.4 Å². The monoisotopic (exact) mass is 511 g/mol. The van der Waals surface area contributed by atoms with E-state index in [4.69, 9.17) is 4.74 Å². The Balaban J connectivity index is 1.45. The van der Waals surface area contributed by atoms with Crippen molar-refractivity contribution in [3.05, 3.63) is 114 Å². The van der Waals surface area contributed by atoms with Crippen LogP contribution in [0.2, 0.25) is 0 Å². The summed E-state index contributed by atoms with van der Waals surface area (Å²) in [6.45, 7) is 0. The molecule has 6 heteroatoms. The van der Waals surface area contributed by atoms with Crippen molar-refractivity contribution in [3.8, 4) is 22.6 Å². The van der Waals surface area contributed by atoms with Crippen LogP contribution in [0.4, 0.5) is 10.1 Å². The number of carbonyl (C=O) groups is 1. The normalized spacial score (nSPS) is 18.0. The van der Waals surface area contributed by atoms with Crippen LogP contribution in [0.15, 0.2) is 97.1 Å². The number of phenols is 1. The predicted molar refractivity (Wildman–Crippen MR) is 145 cm³/mol. The molecule has 0 radical (unpaired) electrons. The smallest absolute Gasteiger partial charge is 0.227 e. The highest BCUT2D eigenvalue weighted by atomic mass is 19.1. The van der Waals surface area contributed by atoms with Crippen LogP contribution in [-0.2, 0) is 4.79 Å². The molecular formula is C32H30FNO4. The summed E-state index contributed by atoms with van der Waals surface area (Å²) in [5.41, 5.74) is 4.14. The molecule has 194 valence electrons. The van der Waals surface area contributed by atoms with Crippen LogP contribution in [0.3, 0.4) is 0 Å². The van der Waals surface area contributed by atoms with Crippen LogP contribution >= 0.6 is 0 Å². The second-order valence-corrected chi connectivity index (χ2v) is 9.66. The van der Waals surface area contributed by atoms with Crippen molar-refractivity contribution in [1.82, 2.24) is 0 Å². The van der Waals surface area contributed by atoms with Gasteiger partial charge in [-0.2, -0.15) is 0 Å². The van der Waals surface area contributed by atoms with Crippen molar-refractivity contribution < 1.29 is 24.1 Å². The molecule has 3 atom stereocenters. The fourth-order valence-corrected chi connectivity index (χ4v) is 5.33. The molecule has 1 heterocycles. The highest BCUT2D eigenvalue weighted by molar-refractivity contribution is 5.97. The molecule has 5 rings (SSSR count). The summed E-state index contributed by atoms with van der Waals surface area (Å²) in [5.74, 6) is 0.0348. The van der Waals surface area contributed by atoms with E-state index in [1.165, 1.54) is 19.2 Å². The molecule has 38 heavy (non-hydrogen) atoms. The van der Waals surface area contributed by atoms with Crippen LogP contribution in [0.25, 0.3) is 11.1 Å². The Hall–Kier alpha value is -4.16. The van der Waals surface area contributed by atoms with Gasteiger partial charge in [0, 0.05) is 23.7 Å². The molecule has 1 aliphatic heterocycles. The van der Waals surface area contributed by atoms with Crippen molar-refractivity contribution in [1.29, 1.82) is 0 Å². The number of aromatic hydroxyl groups is 1. The third-order valence-corrected chi connectivity index (χ3v) is 7.30. The number of benzene rings is 4. The number of ether oxygens (including phenoxy) is 1. The molecule has 2 N–H and O–H groups in total. The number of halogens is 1. The van der Waals surface area contributed by atoms with Gasteiger partial charge in [0.25, 0.3) is 0 Å². The molecule has 0 spiro atoms. The fraction of sp³-hybridized carbons (Fsp3) is 0.219. The topological polar surface area (TPSA) is 70.0 Å². The third-order valence-electron chi connectivity index (χ3n) is 7.30. The summed E-state index contributed by atoms with van der Waals surface area (Å²) in [5, 5.41) is 21.7. The molecule has 0 bridgehead atoms. The Kier molecular flexibility index (Phi) is 7.43. The van der Waals surface area contributed by atoms with E-state index in [1.54, 1.807) is 35.2 Å². The summed E-state index contributed by atoms with van der Waals surface area (Å²) in [7, 11) is 1.54. The number of phenolic OH excluding ortho intramolecular Hbond substituents is 1. The standard InChI is InChI=1S/C32H30FNO4/c1-38-27-16-17-28(30(36)20-27)32-24(11-18-29(35)23-7-12-25(33)13-8-23)19-31(37)34(32)26-14-9-22(10-15-26)21-5-3-2-4-6-21/h2-10,12-17,20,24,29,32,35-36H,11,18-19H2,1H3/t24-,29+,32+/m1/s1. The summed E-state index contributed by atoms with van der Waals surface area (Å²) >= 11 is 0. The molecule has 4 aromatic rings. The van der Waals surface area contributed by atoms with E-state index >= 15 is 0 Å². The second-order valence-electron chi connectivity index (χ2n) is 9.66. The first-order chi connectivity index (χ1) is 18.4. The number of aliphatic hydroxyl groups excluding tert-OH is 1. The van der Waals surface area contributed by atoms with Gasteiger partial charge in [-0.3, -0.25) is 4.79 Å². The predicted octanol–water partition coefficient (Wildman–Crippen LogP) is 6.81. The number of nitrogens with zero attached hydrogens (tertiary/aromatic N) is 1. The van der Waals surface area contributed by atoms with Gasteiger partial charge in [0.05, 0.1) is 19.3 Å². The van der Waals surface area contributed by atoms with Gasteiger partial charge < -0.3 is 19.8 Å². The zero-order valence-corrected chi connectivity index (χ0v) is 21.1. The lowest BCUT2D eigenvalue weighted by Gasteiger charge is -2.30. The zero-order valence-electron chi connectivity index (χ0n) is 21.1. The Labute approximate surface area is 221 Å². The average Bonchev–Trinajstić information content (AvgIpc) is 3.28. The number of amides is 1. The van der Waals surface area contributed by atoms with E-state index in [1.807, 2.05) is 54.6 Å². The summed E-state index contributed by atoms with van der Waals surface area (Å²) in [4.78, 5) is 15.2. The lowest BCUT2D eigenvalue weighted by molar-refractivity contribution is -0.117. The van der Waals surface area contributed by atoms with Gasteiger partial charge in [-0.25, -0.2) is 4.39 Å². The van der Waals surface area contributed by atoms with E-state index in [0.29, 0.717) is 29.7 Å². The van der Waals surface area contributed by atoms with E-state index in [-0.39, 0.29) is 29.8 Å². The van der Waals surface area contributed by atoms with Crippen LogP contribution in [0.1, 0.15) is 42.5 Å². The molecule has 1 fully saturated rings. The maximum atomic E-state index is 13.4. The largest absolute Gasteiger partial charge is 0.507 e. The second kappa shape index (κ2) is 11.1. The van der Waals surface area contributed by atoms with Crippen LogP contribution < -0.4 is 9.64 Å². The number of hydrogen-bond donors (Lipinski definition) is 2. The highest BCUT2D eigenvalue weighted by Crippen LogP contribution is 2.47. The van der Waals surface area contributed by atoms with Crippen LogP contribution in [0.5, 0.6) is 11.5 Å². The molecule has 1 aliphatic rings. The number of anilines is 1. The molecule has 1 amide bonds. The average molecular weight is 512 g/mol. The molecule has 1 saturated heterocycles. The lowest BCUT2D eigenvalue weighted by Crippen LogP contribution is -2.29. The lowest BCUT2D eigenvalue weighted by atomic mass is 9.87. The minimum absolute atomic E-state index is 0.0426. The SMILES string of the molecule is COc1ccc([C@@H]2[C@H](CC[C@H](O)c3ccc(F)cc3)CC(=O)N2c2ccc(-c3ccccc3)cc2)c(O)c1. The molecule has 0 aliphatic carbocycles. The minimum atomic E-state index is -0.782. The Morgan fingerprint density at radius 3 is 2.29 bits per heavy atom. The van der Waals surface area contributed by atoms with E-state index in [0.717, 1.165) is 16.8 Å². The van der Waals surface area contributed by atoms with Gasteiger partial charge in [0.2, 0.25) is 5.91 Å². The van der Waals surface area contributed by atoms with Gasteiger partial charge >= 0.3 is 0 Å².